The van der Waals surface area contributed by atoms with Crippen LogP contribution in [-0.4, -0.2) is 30.5 Å². The number of hydrogen-bond donors (Lipinski definition) is 1. The number of aliphatic hydroxyl groups is 1. The van der Waals surface area contributed by atoms with Gasteiger partial charge in [-0.2, -0.15) is 0 Å². The van der Waals surface area contributed by atoms with Crippen molar-refractivity contribution in [1.29, 1.82) is 0 Å². The minimum atomic E-state index is -0.265. The Bertz CT molecular complexity index is 446. The van der Waals surface area contributed by atoms with Crippen LogP contribution in [-0.2, 0) is 4.74 Å². The zero-order valence-corrected chi connectivity index (χ0v) is 12.1. The Morgan fingerprint density at radius 3 is 2.95 bits per heavy atom. The van der Waals surface area contributed by atoms with Gasteiger partial charge < -0.3 is 14.6 Å². The first-order chi connectivity index (χ1) is 9.79. The van der Waals surface area contributed by atoms with Crippen molar-refractivity contribution in [3.8, 4) is 5.75 Å². The minimum Gasteiger partial charge on any atom is -0.493 e. The van der Waals surface area contributed by atoms with E-state index in [4.69, 9.17) is 9.47 Å². The fourth-order valence-electron chi connectivity index (χ4n) is 3.65. The van der Waals surface area contributed by atoms with E-state index < -0.39 is 0 Å². The fourth-order valence-corrected chi connectivity index (χ4v) is 3.65. The van der Waals surface area contributed by atoms with Crippen molar-refractivity contribution >= 4 is 0 Å². The molecule has 4 unspecified atom stereocenters. The van der Waals surface area contributed by atoms with E-state index in [2.05, 4.69) is 19.1 Å². The predicted molar refractivity (Wildman–Crippen MR) is 78.1 cm³/mol. The first kappa shape index (κ1) is 13.9. The molecule has 4 atom stereocenters. The molecular formula is C17H24O3. The molecule has 2 aliphatic rings. The second kappa shape index (κ2) is 6.15. The maximum absolute atomic E-state index is 10.6. The van der Waals surface area contributed by atoms with E-state index in [0.717, 1.165) is 44.6 Å². The highest BCUT2D eigenvalue weighted by Gasteiger charge is 2.35. The molecule has 2 heterocycles. The smallest absolute Gasteiger partial charge is 0.122 e. The summed E-state index contributed by atoms with van der Waals surface area (Å²) in [4.78, 5) is 0. The van der Waals surface area contributed by atoms with E-state index >= 15 is 0 Å². The molecule has 20 heavy (non-hydrogen) atoms. The predicted octanol–water partition coefficient (Wildman–Crippen LogP) is 3.12. The van der Waals surface area contributed by atoms with Crippen LogP contribution in [0.25, 0.3) is 0 Å². The van der Waals surface area contributed by atoms with Crippen molar-refractivity contribution in [1.82, 2.24) is 0 Å². The maximum atomic E-state index is 10.6. The van der Waals surface area contributed by atoms with Gasteiger partial charge in [0.25, 0.3) is 0 Å². The van der Waals surface area contributed by atoms with Gasteiger partial charge in [-0.15, -0.1) is 0 Å². The van der Waals surface area contributed by atoms with Crippen LogP contribution in [0.2, 0.25) is 0 Å². The Labute approximate surface area is 120 Å². The van der Waals surface area contributed by atoms with E-state index in [0.29, 0.717) is 11.8 Å². The molecule has 0 saturated carbocycles. The largest absolute Gasteiger partial charge is 0.493 e. The second-order valence-electron chi connectivity index (χ2n) is 5.94. The van der Waals surface area contributed by atoms with Crippen LogP contribution in [0.5, 0.6) is 5.75 Å². The number of rotatable bonds is 4. The number of hydrogen-bond acceptors (Lipinski definition) is 3. The van der Waals surface area contributed by atoms with Gasteiger partial charge in [0.05, 0.1) is 18.8 Å². The van der Waals surface area contributed by atoms with Crippen molar-refractivity contribution < 1.29 is 14.6 Å². The van der Waals surface area contributed by atoms with Crippen molar-refractivity contribution in [2.24, 2.45) is 5.92 Å². The quantitative estimate of drug-likeness (QED) is 0.918. The van der Waals surface area contributed by atoms with Crippen molar-refractivity contribution in [2.45, 2.75) is 50.7 Å². The van der Waals surface area contributed by atoms with Gasteiger partial charge in [-0.1, -0.05) is 25.1 Å². The topological polar surface area (TPSA) is 38.7 Å². The second-order valence-corrected chi connectivity index (χ2v) is 5.94. The Hall–Kier alpha value is -1.06. The molecule has 3 rings (SSSR count). The highest BCUT2D eigenvalue weighted by Crippen LogP contribution is 2.38. The van der Waals surface area contributed by atoms with Crippen LogP contribution in [0.4, 0.5) is 0 Å². The number of fused-ring (bicyclic) bond motifs is 1. The van der Waals surface area contributed by atoms with Gasteiger partial charge in [0, 0.05) is 12.5 Å². The van der Waals surface area contributed by atoms with Gasteiger partial charge in [0.1, 0.15) is 5.75 Å². The molecular weight excluding hydrogens is 252 g/mol. The summed E-state index contributed by atoms with van der Waals surface area (Å²) >= 11 is 0. The number of para-hydroxylation sites is 1. The molecule has 0 amide bonds. The Morgan fingerprint density at radius 2 is 2.10 bits per heavy atom. The van der Waals surface area contributed by atoms with Gasteiger partial charge in [0.2, 0.25) is 0 Å². The van der Waals surface area contributed by atoms with Crippen LogP contribution >= 0.6 is 0 Å². The van der Waals surface area contributed by atoms with E-state index in [-0.39, 0.29) is 12.2 Å². The van der Waals surface area contributed by atoms with Gasteiger partial charge in [-0.3, -0.25) is 0 Å². The van der Waals surface area contributed by atoms with Gasteiger partial charge >= 0.3 is 0 Å². The number of aliphatic hydroxyl groups excluding tert-OH is 1. The van der Waals surface area contributed by atoms with Crippen LogP contribution in [0, 0.1) is 5.92 Å². The van der Waals surface area contributed by atoms with Crippen molar-refractivity contribution in [3.05, 3.63) is 29.8 Å². The summed E-state index contributed by atoms with van der Waals surface area (Å²) in [6.07, 6.45) is 3.78. The Morgan fingerprint density at radius 1 is 1.25 bits per heavy atom. The first-order valence-corrected chi connectivity index (χ1v) is 7.81. The molecule has 3 nitrogen and oxygen atoms in total. The molecule has 1 saturated heterocycles. The third kappa shape index (κ3) is 2.70. The first-order valence-electron chi connectivity index (χ1n) is 7.81. The van der Waals surface area contributed by atoms with E-state index in [1.165, 1.54) is 5.56 Å². The van der Waals surface area contributed by atoms with Crippen LogP contribution in [0.3, 0.4) is 0 Å². The molecule has 0 bridgehead atoms. The highest BCUT2D eigenvalue weighted by atomic mass is 16.5. The summed E-state index contributed by atoms with van der Waals surface area (Å²) in [6.45, 7) is 3.69. The number of benzene rings is 1. The molecule has 1 N–H and O–H groups in total. The maximum Gasteiger partial charge on any atom is 0.122 e. The average Bonchev–Trinajstić information content (AvgIpc) is 2.96. The van der Waals surface area contributed by atoms with Crippen molar-refractivity contribution in [3.63, 3.8) is 0 Å². The molecule has 0 aliphatic carbocycles. The molecule has 2 aliphatic heterocycles. The Kier molecular flexibility index (Phi) is 4.27. The molecule has 110 valence electrons. The third-order valence-electron chi connectivity index (χ3n) is 4.77. The average molecular weight is 276 g/mol. The summed E-state index contributed by atoms with van der Waals surface area (Å²) in [5.74, 6) is 1.70. The summed E-state index contributed by atoms with van der Waals surface area (Å²) in [6, 6.07) is 8.23. The van der Waals surface area contributed by atoms with Gasteiger partial charge in [-0.25, -0.2) is 0 Å². The Balaban J connectivity index is 1.69. The third-order valence-corrected chi connectivity index (χ3v) is 4.77. The zero-order valence-electron chi connectivity index (χ0n) is 12.1. The highest BCUT2D eigenvalue weighted by molar-refractivity contribution is 5.37. The summed E-state index contributed by atoms with van der Waals surface area (Å²) in [7, 11) is 0. The van der Waals surface area contributed by atoms with Gasteiger partial charge in [0.15, 0.2) is 0 Å². The fraction of sp³-hybridized carbons (Fsp3) is 0.647. The SMILES string of the molecule is CCC1OCCC1C(O)CC1CCOc2ccccc21. The lowest BCUT2D eigenvalue weighted by atomic mass is 9.82. The monoisotopic (exact) mass is 276 g/mol. The van der Waals surface area contributed by atoms with E-state index in [1.807, 2.05) is 12.1 Å². The standard InChI is InChI=1S/C17H24O3/c1-2-16-14(8-10-19-16)15(18)11-12-7-9-20-17-6-4-3-5-13(12)17/h3-6,12,14-16,18H,2,7-11H2,1H3. The molecule has 1 fully saturated rings. The molecule has 1 aromatic rings. The number of ether oxygens (including phenoxy) is 2. The van der Waals surface area contributed by atoms with E-state index in [1.54, 1.807) is 0 Å². The van der Waals surface area contributed by atoms with E-state index in [9.17, 15) is 5.11 Å². The normalized spacial score (nSPS) is 30.6. The lowest BCUT2D eigenvalue weighted by molar-refractivity contribution is 0.0229. The lowest BCUT2D eigenvalue weighted by Gasteiger charge is -2.30. The summed E-state index contributed by atoms with van der Waals surface area (Å²) < 4.78 is 11.4. The van der Waals surface area contributed by atoms with Gasteiger partial charge in [-0.05, 0) is 43.2 Å². The van der Waals surface area contributed by atoms with Crippen LogP contribution < -0.4 is 4.74 Å². The summed E-state index contributed by atoms with van der Waals surface area (Å²) in [5.41, 5.74) is 1.25. The molecule has 0 radical (unpaired) electrons. The minimum absolute atomic E-state index is 0.236. The molecule has 0 aromatic heterocycles. The lowest BCUT2D eigenvalue weighted by Crippen LogP contribution is -2.30. The van der Waals surface area contributed by atoms with Crippen molar-refractivity contribution in [2.75, 3.05) is 13.2 Å². The molecule has 3 heteroatoms. The zero-order chi connectivity index (χ0) is 13.9. The van der Waals surface area contributed by atoms with Crippen LogP contribution in [0.15, 0.2) is 24.3 Å². The van der Waals surface area contributed by atoms with Crippen LogP contribution in [0.1, 0.15) is 44.1 Å². The molecule has 1 aromatic carbocycles. The summed E-state index contributed by atoms with van der Waals surface area (Å²) in [5, 5.41) is 10.6. The molecule has 0 spiro atoms.